The maximum atomic E-state index is 13.0. The maximum absolute atomic E-state index is 13.0. The molecule has 0 amide bonds. The summed E-state index contributed by atoms with van der Waals surface area (Å²) in [5, 5.41) is 15.7. The number of ether oxygens (including phenoxy) is 1. The van der Waals surface area contributed by atoms with Gasteiger partial charge in [-0.2, -0.15) is 18.3 Å². The number of benzene rings is 2. The number of H-pyrrole nitrogens is 1. The number of thioether (sulfide) groups is 1. The third-order valence-electron chi connectivity index (χ3n) is 4.85. The van der Waals surface area contributed by atoms with Gasteiger partial charge in [0.05, 0.1) is 17.0 Å². The SMILES string of the molecule is Cc1cc(SC(c2ccc(C(F)(F)F)cc2)c2cn[nH]c2C(C)C)ccc1OCC(=O)O. The zero-order chi connectivity index (χ0) is 23.5. The minimum Gasteiger partial charge on any atom is -0.482 e. The second-order valence-corrected chi connectivity index (χ2v) is 8.80. The summed E-state index contributed by atoms with van der Waals surface area (Å²) < 4.78 is 44.4. The number of carboxylic acid groups (broad SMARTS) is 1. The van der Waals surface area contributed by atoms with E-state index in [1.807, 2.05) is 26.8 Å². The summed E-state index contributed by atoms with van der Waals surface area (Å²) in [5.41, 5.74) is 2.60. The lowest BCUT2D eigenvalue weighted by molar-refractivity contribution is -0.139. The van der Waals surface area contributed by atoms with Gasteiger partial charge in [-0.05, 0) is 54.3 Å². The Morgan fingerprint density at radius 2 is 1.88 bits per heavy atom. The zero-order valence-electron chi connectivity index (χ0n) is 17.7. The van der Waals surface area contributed by atoms with E-state index in [1.54, 1.807) is 18.3 Å². The van der Waals surface area contributed by atoms with Gasteiger partial charge in [-0.1, -0.05) is 26.0 Å². The van der Waals surface area contributed by atoms with E-state index in [-0.39, 0.29) is 11.2 Å². The number of carbonyl (C=O) groups is 1. The molecule has 1 heterocycles. The molecule has 3 rings (SSSR count). The second kappa shape index (κ2) is 9.68. The first-order chi connectivity index (χ1) is 15.1. The smallest absolute Gasteiger partial charge is 0.416 e. The number of nitrogens with one attached hydrogen (secondary N) is 1. The fourth-order valence-corrected chi connectivity index (χ4v) is 4.54. The molecule has 0 aliphatic heterocycles. The van der Waals surface area contributed by atoms with E-state index in [0.29, 0.717) is 5.75 Å². The van der Waals surface area contributed by atoms with Gasteiger partial charge in [-0.25, -0.2) is 4.79 Å². The van der Waals surface area contributed by atoms with Crippen LogP contribution in [0.5, 0.6) is 5.75 Å². The lowest BCUT2D eigenvalue weighted by Gasteiger charge is -2.20. The number of halogens is 3. The number of aromatic nitrogens is 2. The van der Waals surface area contributed by atoms with Gasteiger partial charge in [0.1, 0.15) is 5.75 Å². The van der Waals surface area contributed by atoms with Crippen molar-refractivity contribution >= 4 is 17.7 Å². The predicted octanol–water partition coefficient (Wildman–Crippen LogP) is 6.21. The summed E-state index contributed by atoms with van der Waals surface area (Å²) in [5.74, 6) is -0.445. The van der Waals surface area contributed by atoms with Gasteiger partial charge in [0.15, 0.2) is 6.61 Å². The number of aryl methyl sites for hydroxylation is 1. The van der Waals surface area contributed by atoms with Crippen molar-refractivity contribution in [3.05, 3.63) is 76.6 Å². The van der Waals surface area contributed by atoms with Gasteiger partial charge in [0.2, 0.25) is 0 Å². The summed E-state index contributed by atoms with van der Waals surface area (Å²) in [6.07, 6.45) is -2.69. The Morgan fingerprint density at radius 3 is 2.44 bits per heavy atom. The number of alkyl halides is 3. The van der Waals surface area contributed by atoms with Gasteiger partial charge in [-0.15, -0.1) is 11.8 Å². The molecule has 0 saturated heterocycles. The highest BCUT2D eigenvalue weighted by Crippen LogP contribution is 2.44. The standard InChI is InChI=1S/C23H23F3N2O3S/c1-13(2)21-18(11-27-28-21)22(15-4-6-16(7-5-15)23(24,25)26)32-17-8-9-19(14(3)10-17)31-12-20(29)30/h4-11,13,22H,12H2,1-3H3,(H,27,28)(H,29,30). The van der Waals surface area contributed by atoms with Crippen LogP contribution in [-0.2, 0) is 11.0 Å². The summed E-state index contributed by atoms with van der Waals surface area (Å²) in [6, 6.07) is 10.5. The van der Waals surface area contributed by atoms with Crippen LogP contribution >= 0.6 is 11.8 Å². The van der Waals surface area contributed by atoms with Crippen molar-refractivity contribution in [1.29, 1.82) is 0 Å². The fourth-order valence-electron chi connectivity index (χ4n) is 3.27. The largest absolute Gasteiger partial charge is 0.482 e. The van der Waals surface area contributed by atoms with Gasteiger partial charge < -0.3 is 9.84 Å². The van der Waals surface area contributed by atoms with Gasteiger partial charge in [0.25, 0.3) is 0 Å². The van der Waals surface area contributed by atoms with Crippen LogP contribution in [0, 0.1) is 6.92 Å². The highest BCUT2D eigenvalue weighted by Gasteiger charge is 2.31. The van der Waals surface area contributed by atoms with Crippen LogP contribution in [-0.4, -0.2) is 27.9 Å². The predicted molar refractivity (Wildman–Crippen MR) is 116 cm³/mol. The van der Waals surface area contributed by atoms with E-state index < -0.39 is 24.3 Å². The average Bonchev–Trinajstić information content (AvgIpc) is 3.20. The summed E-state index contributed by atoms with van der Waals surface area (Å²) in [4.78, 5) is 11.6. The van der Waals surface area contributed by atoms with Crippen LogP contribution in [0.2, 0.25) is 0 Å². The molecule has 0 aliphatic rings. The maximum Gasteiger partial charge on any atom is 0.416 e. The summed E-state index contributed by atoms with van der Waals surface area (Å²) >= 11 is 1.48. The summed E-state index contributed by atoms with van der Waals surface area (Å²) in [7, 11) is 0. The fraction of sp³-hybridized carbons (Fsp3) is 0.304. The van der Waals surface area contributed by atoms with Crippen molar-refractivity contribution in [3.8, 4) is 5.75 Å². The molecule has 0 aliphatic carbocycles. The number of nitrogens with zero attached hydrogens (tertiary/aromatic N) is 1. The Bertz CT molecular complexity index is 1080. The lowest BCUT2D eigenvalue weighted by atomic mass is 9.99. The first-order valence-electron chi connectivity index (χ1n) is 9.88. The van der Waals surface area contributed by atoms with Crippen LogP contribution in [0.15, 0.2) is 53.6 Å². The molecule has 2 N–H and O–H groups in total. The van der Waals surface area contributed by atoms with Gasteiger partial charge in [0, 0.05) is 16.2 Å². The highest BCUT2D eigenvalue weighted by molar-refractivity contribution is 7.99. The third kappa shape index (κ3) is 5.64. The van der Waals surface area contributed by atoms with Crippen molar-refractivity contribution in [1.82, 2.24) is 10.2 Å². The molecule has 0 spiro atoms. The van der Waals surface area contributed by atoms with Crippen LogP contribution in [0.1, 0.15) is 53.0 Å². The number of carboxylic acids is 1. The molecule has 9 heteroatoms. The Balaban J connectivity index is 1.96. The van der Waals surface area contributed by atoms with E-state index >= 15 is 0 Å². The summed E-state index contributed by atoms with van der Waals surface area (Å²) in [6.45, 7) is 5.41. The molecule has 0 saturated carbocycles. The van der Waals surface area contributed by atoms with Crippen molar-refractivity contribution in [3.63, 3.8) is 0 Å². The molecule has 32 heavy (non-hydrogen) atoms. The second-order valence-electron chi connectivity index (χ2n) is 7.62. The molecule has 0 radical (unpaired) electrons. The number of aromatic amines is 1. The van der Waals surface area contributed by atoms with Crippen molar-refractivity contribution < 1.29 is 27.8 Å². The number of aliphatic carboxylic acids is 1. The Hall–Kier alpha value is -2.94. The molecule has 5 nitrogen and oxygen atoms in total. The first kappa shape index (κ1) is 23.7. The van der Waals surface area contributed by atoms with Crippen molar-refractivity contribution in [2.45, 2.75) is 43.0 Å². The normalized spacial score (nSPS) is 12.7. The molecular formula is C23H23F3N2O3S. The van der Waals surface area contributed by atoms with Crippen LogP contribution in [0.25, 0.3) is 0 Å². The average molecular weight is 465 g/mol. The zero-order valence-corrected chi connectivity index (χ0v) is 18.6. The number of hydrogen-bond acceptors (Lipinski definition) is 4. The molecular weight excluding hydrogens is 441 g/mol. The first-order valence-corrected chi connectivity index (χ1v) is 10.8. The monoisotopic (exact) mass is 464 g/mol. The number of hydrogen-bond donors (Lipinski definition) is 2. The molecule has 0 bridgehead atoms. The Kier molecular flexibility index (Phi) is 7.18. The van der Waals surface area contributed by atoms with Gasteiger partial charge >= 0.3 is 12.1 Å². The topological polar surface area (TPSA) is 75.2 Å². The molecule has 1 unspecified atom stereocenters. The number of rotatable bonds is 8. The minimum atomic E-state index is -4.40. The molecule has 0 fully saturated rings. The Labute approximate surface area is 188 Å². The minimum absolute atomic E-state index is 0.151. The van der Waals surface area contributed by atoms with Gasteiger partial charge in [-0.3, -0.25) is 5.10 Å². The Morgan fingerprint density at radius 1 is 1.19 bits per heavy atom. The van der Waals surface area contributed by atoms with Crippen LogP contribution in [0.4, 0.5) is 13.2 Å². The molecule has 2 aromatic carbocycles. The molecule has 1 atom stereocenters. The highest BCUT2D eigenvalue weighted by atomic mass is 32.2. The van der Waals surface area contributed by atoms with Crippen LogP contribution in [0.3, 0.4) is 0 Å². The molecule has 170 valence electrons. The lowest BCUT2D eigenvalue weighted by Crippen LogP contribution is -2.10. The van der Waals surface area contributed by atoms with E-state index in [9.17, 15) is 18.0 Å². The quantitative estimate of drug-likeness (QED) is 0.388. The van der Waals surface area contributed by atoms with Crippen molar-refractivity contribution in [2.75, 3.05) is 6.61 Å². The van der Waals surface area contributed by atoms with E-state index in [1.165, 1.54) is 23.9 Å². The van der Waals surface area contributed by atoms with E-state index in [4.69, 9.17) is 9.84 Å². The van der Waals surface area contributed by atoms with Crippen molar-refractivity contribution in [2.24, 2.45) is 0 Å². The third-order valence-corrected chi connectivity index (χ3v) is 6.14. The molecule has 3 aromatic rings. The van der Waals surface area contributed by atoms with Crippen LogP contribution < -0.4 is 4.74 Å². The molecule has 1 aromatic heterocycles. The van der Waals surface area contributed by atoms with E-state index in [0.717, 1.165) is 39.4 Å². The van der Waals surface area contributed by atoms with E-state index in [2.05, 4.69) is 10.2 Å².